The predicted octanol–water partition coefficient (Wildman–Crippen LogP) is 4.01. The molecule has 0 radical (unpaired) electrons. The van der Waals surface area contributed by atoms with Crippen molar-refractivity contribution in [3.63, 3.8) is 0 Å². The molecule has 1 fully saturated rings. The van der Waals surface area contributed by atoms with Crippen molar-refractivity contribution < 1.29 is 4.74 Å². The quantitative estimate of drug-likeness (QED) is 0.835. The second-order valence-electron chi connectivity index (χ2n) is 3.83. The third-order valence-corrected chi connectivity index (χ3v) is 3.43. The Morgan fingerprint density at radius 3 is 2.60 bits per heavy atom. The van der Waals surface area contributed by atoms with Gasteiger partial charge in [-0.3, -0.25) is 0 Å². The van der Waals surface area contributed by atoms with Crippen LogP contribution >= 0.6 is 27.5 Å². The summed E-state index contributed by atoms with van der Waals surface area (Å²) in [7, 11) is 0. The van der Waals surface area contributed by atoms with Crippen LogP contribution in [0.4, 0.5) is 5.69 Å². The number of rotatable bonds is 2. The highest BCUT2D eigenvalue weighted by Gasteiger charge is 2.19. The second kappa shape index (κ2) is 4.62. The normalized spacial score (nSPS) is 16.9. The van der Waals surface area contributed by atoms with E-state index in [1.165, 1.54) is 12.8 Å². The number of halogens is 2. The smallest absolute Gasteiger partial charge is 0.156 e. The Morgan fingerprint density at radius 2 is 2.00 bits per heavy atom. The fraction of sp³-hybridized carbons (Fsp3) is 0.455. The van der Waals surface area contributed by atoms with Gasteiger partial charge in [0.25, 0.3) is 0 Å². The van der Waals surface area contributed by atoms with Crippen LogP contribution in [0.25, 0.3) is 0 Å². The van der Waals surface area contributed by atoms with Gasteiger partial charge < -0.3 is 10.5 Å². The molecule has 2 rings (SSSR count). The van der Waals surface area contributed by atoms with E-state index in [1.54, 1.807) is 6.07 Å². The SMILES string of the molecule is Nc1cc(Cl)cc(Br)c1OC1CCCC1. The minimum Gasteiger partial charge on any atom is -0.487 e. The van der Waals surface area contributed by atoms with E-state index in [0.29, 0.717) is 16.8 Å². The van der Waals surface area contributed by atoms with Crippen LogP contribution in [0.5, 0.6) is 5.75 Å². The average Bonchev–Trinajstić information content (AvgIpc) is 2.63. The molecule has 1 aromatic carbocycles. The third-order valence-electron chi connectivity index (χ3n) is 2.62. The molecule has 15 heavy (non-hydrogen) atoms. The lowest BCUT2D eigenvalue weighted by Crippen LogP contribution is -2.12. The maximum Gasteiger partial charge on any atom is 0.156 e. The summed E-state index contributed by atoms with van der Waals surface area (Å²) in [6.07, 6.45) is 5.04. The van der Waals surface area contributed by atoms with Crippen LogP contribution in [0.2, 0.25) is 5.02 Å². The van der Waals surface area contributed by atoms with E-state index in [1.807, 2.05) is 6.07 Å². The van der Waals surface area contributed by atoms with E-state index in [-0.39, 0.29) is 0 Å². The molecule has 82 valence electrons. The molecule has 0 heterocycles. The van der Waals surface area contributed by atoms with Crippen LogP contribution in [-0.4, -0.2) is 6.10 Å². The zero-order valence-corrected chi connectivity index (χ0v) is 10.6. The summed E-state index contributed by atoms with van der Waals surface area (Å²) in [5.41, 5.74) is 6.46. The molecule has 1 aliphatic carbocycles. The minimum absolute atomic E-state index is 0.310. The van der Waals surface area contributed by atoms with E-state index in [2.05, 4.69) is 15.9 Å². The van der Waals surface area contributed by atoms with E-state index in [0.717, 1.165) is 23.1 Å². The van der Waals surface area contributed by atoms with E-state index in [9.17, 15) is 0 Å². The lowest BCUT2D eigenvalue weighted by atomic mass is 10.2. The van der Waals surface area contributed by atoms with Gasteiger partial charge in [0.2, 0.25) is 0 Å². The maximum absolute atomic E-state index is 5.87. The standard InChI is InChI=1S/C11H13BrClNO/c12-9-5-7(13)6-10(14)11(9)15-8-3-1-2-4-8/h5-6,8H,1-4,14H2. The lowest BCUT2D eigenvalue weighted by molar-refractivity contribution is 0.210. The first-order valence-electron chi connectivity index (χ1n) is 5.08. The molecule has 4 heteroatoms. The third kappa shape index (κ3) is 2.58. The van der Waals surface area contributed by atoms with Crippen molar-refractivity contribution in [1.82, 2.24) is 0 Å². The van der Waals surface area contributed by atoms with Crippen molar-refractivity contribution in [2.45, 2.75) is 31.8 Å². The Kier molecular flexibility index (Phi) is 3.42. The molecule has 1 aliphatic rings. The molecule has 0 aliphatic heterocycles. The molecule has 0 amide bonds. The Labute approximate surface area is 103 Å². The molecule has 0 bridgehead atoms. The summed E-state index contributed by atoms with van der Waals surface area (Å²) < 4.78 is 6.69. The van der Waals surface area contributed by atoms with Crippen molar-refractivity contribution in [3.05, 3.63) is 21.6 Å². The number of nitrogens with two attached hydrogens (primary N) is 1. The maximum atomic E-state index is 5.87. The molecule has 0 spiro atoms. The van der Waals surface area contributed by atoms with Gasteiger partial charge in [0.15, 0.2) is 5.75 Å². The van der Waals surface area contributed by atoms with Gasteiger partial charge in [-0.15, -0.1) is 0 Å². The monoisotopic (exact) mass is 289 g/mol. The number of ether oxygens (including phenoxy) is 1. The number of benzene rings is 1. The molecule has 0 aromatic heterocycles. The van der Waals surface area contributed by atoms with Gasteiger partial charge in [0.1, 0.15) is 0 Å². The Bertz CT molecular complexity index is 341. The number of hydrogen-bond donors (Lipinski definition) is 1. The van der Waals surface area contributed by atoms with Crippen molar-refractivity contribution in [1.29, 1.82) is 0 Å². The van der Waals surface area contributed by atoms with Crippen molar-refractivity contribution >= 4 is 33.2 Å². The van der Waals surface area contributed by atoms with Crippen molar-refractivity contribution in [3.8, 4) is 5.75 Å². The molecular weight excluding hydrogens is 277 g/mol. The van der Waals surface area contributed by atoms with E-state index >= 15 is 0 Å². The van der Waals surface area contributed by atoms with Crippen molar-refractivity contribution in [2.75, 3.05) is 5.73 Å². The van der Waals surface area contributed by atoms with Crippen LogP contribution in [0.1, 0.15) is 25.7 Å². The Morgan fingerprint density at radius 1 is 1.33 bits per heavy atom. The summed E-state index contributed by atoms with van der Waals surface area (Å²) in [5.74, 6) is 0.728. The zero-order chi connectivity index (χ0) is 10.8. The van der Waals surface area contributed by atoms with Gasteiger partial charge in [0.05, 0.1) is 16.3 Å². The molecule has 2 N–H and O–H groups in total. The number of anilines is 1. The largest absolute Gasteiger partial charge is 0.487 e. The van der Waals surface area contributed by atoms with Crippen LogP contribution in [0, 0.1) is 0 Å². The molecule has 0 unspecified atom stereocenters. The van der Waals surface area contributed by atoms with Crippen molar-refractivity contribution in [2.24, 2.45) is 0 Å². The highest BCUT2D eigenvalue weighted by Crippen LogP contribution is 2.37. The highest BCUT2D eigenvalue weighted by molar-refractivity contribution is 9.10. The summed E-state index contributed by atoms with van der Waals surface area (Å²) in [4.78, 5) is 0. The van der Waals surface area contributed by atoms with Crippen LogP contribution < -0.4 is 10.5 Å². The van der Waals surface area contributed by atoms with Gasteiger partial charge >= 0.3 is 0 Å². The predicted molar refractivity (Wildman–Crippen MR) is 66.4 cm³/mol. The zero-order valence-electron chi connectivity index (χ0n) is 8.30. The first-order chi connectivity index (χ1) is 7.16. The Hall–Kier alpha value is -0.410. The lowest BCUT2D eigenvalue weighted by Gasteiger charge is -2.16. The number of hydrogen-bond acceptors (Lipinski definition) is 2. The van der Waals surface area contributed by atoms with E-state index in [4.69, 9.17) is 22.1 Å². The fourth-order valence-electron chi connectivity index (χ4n) is 1.88. The minimum atomic E-state index is 0.310. The molecular formula is C11H13BrClNO. The van der Waals surface area contributed by atoms with Gasteiger partial charge in [-0.2, -0.15) is 0 Å². The van der Waals surface area contributed by atoms with Crippen LogP contribution in [0.15, 0.2) is 16.6 Å². The summed E-state index contributed by atoms with van der Waals surface area (Å²) in [5, 5.41) is 0.623. The molecule has 2 nitrogen and oxygen atoms in total. The van der Waals surface area contributed by atoms with E-state index < -0.39 is 0 Å². The Balaban J connectivity index is 2.19. The van der Waals surface area contributed by atoms with Gasteiger partial charge in [0, 0.05) is 5.02 Å². The fourth-order valence-corrected chi connectivity index (χ4v) is 2.80. The van der Waals surface area contributed by atoms with Gasteiger partial charge in [-0.05, 0) is 53.7 Å². The first kappa shape index (κ1) is 11.1. The topological polar surface area (TPSA) is 35.2 Å². The number of nitrogen functional groups attached to an aromatic ring is 1. The van der Waals surface area contributed by atoms with Crippen LogP contribution in [-0.2, 0) is 0 Å². The van der Waals surface area contributed by atoms with Gasteiger partial charge in [-0.25, -0.2) is 0 Å². The van der Waals surface area contributed by atoms with Crippen LogP contribution in [0.3, 0.4) is 0 Å². The first-order valence-corrected chi connectivity index (χ1v) is 6.25. The summed E-state index contributed by atoms with van der Waals surface area (Å²) >= 11 is 9.29. The molecule has 0 saturated heterocycles. The second-order valence-corrected chi connectivity index (χ2v) is 5.12. The average molecular weight is 291 g/mol. The summed E-state index contributed by atoms with van der Waals surface area (Å²) in [6.45, 7) is 0. The summed E-state index contributed by atoms with van der Waals surface area (Å²) in [6, 6.07) is 3.53. The molecule has 1 saturated carbocycles. The molecule has 1 aromatic rings. The highest BCUT2D eigenvalue weighted by atomic mass is 79.9. The molecule has 0 atom stereocenters. The van der Waals surface area contributed by atoms with Gasteiger partial charge in [-0.1, -0.05) is 11.6 Å².